The van der Waals surface area contributed by atoms with E-state index in [0.29, 0.717) is 12.2 Å². The number of para-hydroxylation sites is 1. The minimum atomic E-state index is -0.180. The maximum Gasteiger partial charge on any atom is 0.223 e. The number of rotatable bonds is 6. The highest BCUT2D eigenvalue weighted by Crippen LogP contribution is 2.30. The van der Waals surface area contributed by atoms with Gasteiger partial charge >= 0.3 is 0 Å². The van der Waals surface area contributed by atoms with Crippen LogP contribution in [0.15, 0.2) is 47.1 Å². The van der Waals surface area contributed by atoms with Gasteiger partial charge in [-0.2, -0.15) is 0 Å². The maximum atomic E-state index is 14.0. The van der Waals surface area contributed by atoms with Crippen molar-refractivity contribution in [1.82, 2.24) is 10.2 Å². The molecule has 0 radical (unpaired) electrons. The van der Waals surface area contributed by atoms with Gasteiger partial charge in [-0.25, -0.2) is 4.39 Å². The summed E-state index contributed by atoms with van der Waals surface area (Å²) in [5.74, 6) is 1.03. The molecule has 1 saturated carbocycles. The number of piperazine rings is 1. The molecular formula is C20H24FN3O2. The molecule has 138 valence electrons. The molecule has 5 nitrogen and oxygen atoms in total. The molecule has 1 aliphatic heterocycles. The minimum absolute atomic E-state index is 0.00969. The Bertz CT molecular complexity index is 737. The second-order valence-corrected chi connectivity index (χ2v) is 7.03. The third-order valence-electron chi connectivity index (χ3n) is 5.24. The summed E-state index contributed by atoms with van der Waals surface area (Å²) in [5.41, 5.74) is 0.656. The number of amides is 1. The van der Waals surface area contributed by atoms with Gasteiger partial charge in [0.15, 0.2) is 0 Å². The zero-order chi connectivity index (χ0) is 17.9. The van der Waals surface area contributed by atoms with Crippen LogP contribution in [0.1, 0.15) is 24.6 Å². The lowest BCUT2D eigenvalue weighted by molar-refractivity contribution is -0.122. The molecule has 26 heavy (non-hydrogen) atoms. The van der Waals surface area contributed by atoms with Gasteiger partial charge in [-0.15, -0.1) is 0 Å². The molecule has 1 saturated heterocycles. The lowest BCUT2D eigenvalue weighted by atomic mass is 10.1. The van der Waals surface area contributed by atoms with Crippen LogP contribution in [-0.2, 0) is 4.79 Å². The predicted octanol–water partition coefficient (Wildman–Crippen LogP) is 2.81. The molecule has 1 aromatic carbocycles. The monoisotopic (exact) mass is 357 g/mol. The van der Waals surface area contributed by atoms with E-state index in [2.05, 4.69) is 15.1 Å². The quantitative estimate of drug-likeness (QED) is 0.864. The summed E-state index contributed by atoms with van der Waals surface area (Å²) >= 11 is 0. The summed E-state index contributed by atoms with van der Waals surface area (Å²) in [6.07, 6.45) is 3.66. The first kappa shape index (κ1) is 17.1. The van der Waals surface area contributed by atoms with Crippen LogP contribution in [0.3, 0.4) is 0 Å². The highest BCUT2D eigenvalue weighted by atomic mass is 19.1. The molecule has 0 spiro atoms. The molecule has 2 fully saturated rings. The Hall–Kier alpha value is -2.34. The number of anilines is 1. The van der Waals surface area contributed by atoms with Crippen molar-refractivity contribution in [2.75, 3.05) is 37.6 Å². The van der Waals surface area contributed by atoms with Gasteiger partial charge in [0.25, 0.3) is 0 Å². The summed E-state index contributed by atoms with van der Waals surface area (Å²) in [5, 5.41) is 3.07. The molecule has 6 heteroatoms. The lowest BCUT2D eigenvalue weighted by Crippen LogP contribution is -2.50. The summed E-state index contributed by atoms with van der Waals surface area (Å²) in [6.45, 7) is 3.62. The van der Waals surface area contributed by atoms with Crippen LogP contribution >= 0.6 is 0 Å². The number of carbonyl (C=O) groups is 1. The van der Waals surface area contributed by atoms with Crippen molar-refractivity contribution in [3.8, 4) is 0 Å². The van der Waals surface area contributed by atoms with Crippen molar-refractivity contribution in [2.45, 2.75) is 18.9 Å². The Kier molecular flexibility index (Phi) is 4.93. The van der Waals surface area contributed by atoms with E-state index < -0.39 is 0 Å². The van der Waals surface area contributed by atoms with Crippen molar-refractivity contribution in [3.63, 3.8) is 0 Å². The second kappa shape index (κ2) is 7.50. The van der Waals surface area contributed by atoms with Crippen LogP contribution in [0.25, 0.3) is 0 Å². The smallest absolute Gasteiger partial charge is 0.223 e. The molecule has 1 atom stereocenters. The molecule has 1 amide bonds. The number of nitrogens with one attached hydrogen (secondary N) is 1. The number of hydrogen-bond donors (Lipinski definition) is 1. The van der Waals surface area contributed by atoms with Crippen molar-refractivity contribution in [2.24, 2.45) is 5.92 Å². The number of carbonyl (C=O) groups excluding carboxylic acids is 1. The number of hydrogen-bond acceptors (Lipinski definition) is 4. The molecule has 2 heterocycles. The van der Waals surface area contributed by atoms with Gasteiger partial charge < -0.3 is 14.6 Å². The first-order valence-electron chi connectivity index (χ1n) is 9.27. The Labute approximate surface area is 152 Å². The number of halogens is 1. The Balaban J connectivity index is 1.40. The van der Waals surface area contributed by atoms with E-state index in [1.165, 1.54) is 6.07 Å². The molecule has 1 aliphatic carbocycles. The summed E-state index contributed by atoms with van der Waals surface area (Å²) in [7, 11) is 0. The SMILES string of the molecule is O=C(NC[C@H](c1ccco1)N1CCN(c2ccccc2F)CC1)C1CC1. The van der Waals surface area contributed by atoms with Gasteiger partial charge in [-0.05, 0) is 37.1 Å². The predicted molar refractivity (Wildman–Crippen MR) is 97.4 cm³/mol. The van der Waals surface area contributed by atoms with Gasteiger partial charge in [0.2, 0.25) is 5.91 Å². The number of nitrogens with zero attached hydrogens (tertiary/aromatic N) is 2. The van der Waals surface area contributed by atoms with Crippen LogP contribution in [0.4, 0.5) is 10.1 Å². The Morgan fingerprint density at radius 3 is 2.58 bits per heavy atom. The number of benzene rings is 1. The maximum absolute atomic E-state index is 14.0. The van der Waals surface area contributed by atoms with Crippen LogP contribution < -0.4 is 10.2 Å². The Morgan fingerprint density at radius 1 is 1.15 bits per heavy atom. The molecule has 1 aromatic heterocycles. The molecular weight excluding hydrogens is 333 g/mol. The fourth-order valence-corrected chi connectivity index (χ4v) is 3.56. The largest absolute Gasteiger partial charge is 0.468 e. The van der Waals surface area contributed by atoms with E-state index in [1.54, 1.807) is 12.3 Å². The van der Waals surface area contributed by atoms with Crippen molar-refractivity contribution in [3.05, 3.63) is 54.2 Å². The molecule has 1 N–H and O–H groups in total. The van der Waals surface area contributed by atoms with E-state index in [0.717, 1.165) is 44.8 Å². The third-order valence-corrected chi connectivity index (χ3v) is 5.24. The fraction of sp³-hybridized carbons (Fsp3) is 0.450. The summed E-state index contributed by atoms with van der Waals surface area (Å²) < 4.78 is 19.6. The van der Waals surface area contributed by atoms with Gasteiger partial charge in [0.05, 0.1) is 18.0 Å². The second-order valence-electron chi connectivity index (χ2n) is 7.03. The van der Waals surface area contributed by atoms with Crippen LogP contribution in [0.2, 0.25) is 0 Å². The van der Waals surface area contributed by atoms with Crippen molar-refractivity contribution >= 4 is 11.6 Å². The minimum Gasteiger partial charge on any atom is -0.468 e. The molecule has 2 aromatic rings. The Morgan fingerprint density at radius 2 is 1.92 bits per heavy atom. The number of furan rings is 1. The van der Waals surface area contributed by atoms with E-state index in [-0.39, 0.29) is 23.7 Å². The van der Waals surface area contributed by atoms with Crippen molar-refractivity contribution < 1.29 is 13.6 Å². The molecule has 4 rings (SSSR count). The summed E-state index contributed by atoms with van der Waals surface area (Å²) in [6, 6.07) is 10.7. The van der Waals surface area contributed by atoms with Crippen LogP contribution in [-0.4, -0.2) is 43.5 Å². The van der Waals surface area contributed by atoms with Gasteiger partial charge in [0, 0.05) is 38.6 Å². The standard InChI is InChI=1S/C20H24FN3O2/c21-16-4-1-2-5-17(16)23-9-11-24(12-10-23)18(19-6-3-13-26-19)14-22-20(25)15-7-8-15/h1-6,13,15,18H,7-12,14H2,(H,22,25)/t18-/m1/s1. The van der Waals surface area contributed by atoms with Gasteiger partial charge in [-0.3, -0.25) is 9.69 Å². The molecule has 2 aliphatic rings. The third kappa shape index (κ3) is 3.75. The lowest BCUT2D eigenvalue weighted by Gasteiger charge is -2.39. The normalized spacial score (nSPS) is 19.3. The topological polar surface area (TPSA) is 48.7 Å². The van der Waals surface area contributed by atoms with E-state index in [1.807, 2.05) is 24.3 Å². The van der Waals surface area contributed by atoms with Gasteiger partial charge in [-0.1, -0.05) is 12.1 Å². The first-order valence-corrected chi connectivity index (χ1v) is 9.27. The van der Waals surface area contributed by atoms with Gasteiger partial charge in [0.1, 0.15) is 11.6 Å². The average Bonchev–Trinajstić information content (AvgIpc) is 3.39. The highest BCUT2D eigenvalue weighted by Gasteiger charge is 2.32. The molecule has 0 unspecified atom stereocenters. The first-order chi connectivity index (χ1) is 12.7. The zero-order valence-corrected chi connectivity index (χ0v) is 14.7. The van der Waals surface area contributed by atoms with E-state index >= 15 is 0 Å². The van der Waals surface area contributed by atoms with E-state index in [4.69, 9.17) is 4.42 Å². The van der Waals surface area contributed by atoms with Crippen molar-refractivity contribution in [1.29, 1.82) is 0 Å². The van der Waals surface area contributed by atoms with Crippen LogP contribution in [0.5, 0.6) is 0 Å². The summed E-state index contributed by atoms with van der Waals surface area (Å²) in [4.78, 5) is 16.4. The fourth-order valence-electron chi connectivity index (χ4n) is 3.56. The van der Waals surface area contributed by atoms with E-state index in [9.17, 15) is 9.18 Å². The highest BCUT2D eigenvalue weighted by molar-refractivity contribution is 5.80. The average molecular weight is 357 g/mol. The van der Waals surface area contributed by atoms with Crippen LogP contribution in [0, 0.1) is 11.7 Å². The zero-order valence-electron chi connectivity index (χ0n) is 14.7. The molecule has 0 bridgehead atoms.